The highest BCUT2D eigenvalue weighted by molar-refractivity contribution is 6.31. The van der Waals surface area contributed by atoms with Gasteiger partial charge >= 0.3 is 0 Å². The topological polar surface area (TPSA) is 62.6 Å². The molecule has 2 aromatic carbocycles. The molecule has 5 nitrogen and oxygen atoms in total. The molecule has 0 saturated heterocycles. The zero-order valence-corrected chi connectivity index (χ0v) is 16.1. The van der Waals surface area contributed by atoms with Crippen LogP contribution >= 0.6 is 11.6 Å². The second-order valence-corrected chi connectivity index (χ2v) is 6.74. The fraction of sp³-hybridized carbons (Fsp3) is 0.300. The first-order valence-corrected chi connectivity index (χ1v) is 9.02. The van der Waals surface area contributed by atoms with Crippen LogP contribution in [0.4, 0.5) is 11.4 Å². The summed E-state index contributed by atoms with van der Waals surface area (Å²) in [5.41, 5.74) is 3.44. The third kappa shape index (κ3) is 5.58. The third-order valence-electron chi connectivity index (χ3n) is 4.14. The molecule has 0 aliphatic rings. The summed E-state index contributed by atoms with van der Waals surface area (Å²) in [6.45, 7) is 4.30. The second kappa shape index (κ2) is 9.36. The molecule has 138 valence electrons. The molecule has 0 aromatic heterocycles. The number of halogens is 1. The molecular formula is C20H25ClN3O2+. The lowest BCUT2D eigenvalue weighted by atomic mass is 10.1. The summed E-state index contributed by atoms with van der Waals surface area (Å²) in [4.78, 5) is 25.3. The third-order valence-corrected chi connectivity index (χ3v) is 4.55. The van der Waals surface area contributed by atoms with Crippen molar-refractivity contribution in [2.75, 3.05) is 30.8 Å². The zero-order valence-electron chi connectivity index (χ0n) is 15.4. The van der Waals surface area contributed by atoms with E-state index in [1.807, 2.05) is 51.2 Å². The molecule has 3 N–H and O–H groups in total. The van der Waals surface area contributed by atoms with Gasteiger partial charge in [-0.2, -0.15) is 0 Å². The van der Waals surface area contributed by atoms with Gasteiger partial charge in [-0.05, 0) is 42.7 Å². The molecule has 0 radical (unpaired) electrons. The Morgan fingerprint density at radius 3 is 2.19 bits per heavy atom. The van der Waals surface area contributed by atoms with Crippen LogP contribution in [0.1, 0.15) is 18.1 Å². The van der Waals surface area contributed by atoms with Crippen molar-refractivity contribution < 1.29 is 14.5 Å². The molecule has 26 heavy (non-hydrogen) atoms. The van der Waals surface area contributed by atoms with E-state index < -0.39 is 0 Å². The Labute approximate surface area is 159 Å². The largest absolute Gasteiger partial charge is 0.322 e. The Balaban J connectivity index is 1.87. The zero-order chi connectivity index (χ0) is 19.1. The molecule has 2 rings (SSSR count). The molecule has 0 heterocycles. The fourth-order valence-corrected chi connectivity index (χ4v) is 2.87. The van der Waals surface area contributed by atoms with Crippen molar-refractivity contribution >= 4 is 34.8 Å². The van der Waals surface area contributed by atoms with E-state index in [4.69, 9.17) is 11.6 Å². The number of hydrogen-bond acceptors (Lipinski definition) is 2. The number of rotatable bonds is 7. The molecule has 0 saturated carbocycles. The summed E-state index contributed by atoms with van der Waals surface area (Å²) in [6, 6.07) is 13.1. The minimum atomic E-state index is -0.158. The smallest absolute Gasteiger partial charge is 0.279 e. The molecule has 0 aliphatic heterocycles. The number of quaternary nitrogens is 1. The van der Waals surface area contributed by atoms with Gasteiger partial charge in [-0.15, -0.1) is 0 Å². The van der Waals surface area contributed by atoms with Crippen molar-refractivity contribution in [2.24, 2.45) is 0 Å². The first-order valence-electron chi connectivity index (χ1n) is 8.64. The summed E-state index contributed by atoms with van der Waals surface area (Å²) in [5.74, 6) is -0.273. The van der Waals surface area contributed by atoms with Crippen molar-refractivity contribution in [3.8, 4) is 0 Å². The van der Waals surface area contributed by atoms with Gasteiger partial charge in [-0.25, -0.2) is 0 Å². The van der Waals surface area contributed by atoms with Crippen LogP contribution in [0.15, 0.2) is 42.5 Å². The molecule has 0 fully saturated rings. The first kappa shape index (κ1) is 19.9. The van der Waals surface area contributed by atoms with Crippen molar-refractivity contribution in [2.45, 2.75) is 20.3 Å². The standard InChI is InChI=1S/C20H24ClN3O2/c1-4-15-8-5-6-10-18(15)23-20(26)13-24(3)12-19(25)22-17-11-7-9-16(21)14(17)2/h5-11H,4,12-13H2,1-3H3,(H,22,25)(H,23,26)/p+1. The number of likely N-dealkylation sites (N-methyl/N-ethyl adjacent to an activating group) is 1. The van der Waals surface area contributed by atoms with E-state index in [0.29, 0.717) is 10.7 Å². The van der Waals surface area contributed by atoms with Crippen LogP contribution in [0.3, 0.4) is 0 Å². The van der Waals surface area contributed by atoms with Crippen molar-refractivity contribution in [3.63, 3.8) is 0 Å². The summed E-state index contributed by atoms with van der Waals surface area (Å²) in [7, 11) is 1.82. The Bertz CT molecular complexity index is 792. The minimum Gasteiger partial charge on any atom is -0.322 e. The number of anilines is 2. The molecule has 0 aliphatic carbocycles. The van der Waals surface area contributed by atoms with Gasteiger partial charge in [-0.3, -0.25) is 9.59 Å². The van der Waals surface area contributed by atoms with E-state index in [1.165, 1.54) is 0 Å². The molecule has 2 amide bonds. The maximum atomic E-state index is 12.2. The van der Waals surface area contributed by atoms with Gasteiger partial charge in [0.25, 0.3) is 11.8 Å². The number of nitrogens with one attached hydrogen (secondary N) is 3. The lowest BCUT2D eigenvalue weighted by Crippen LogP contribution is -3.11. The van der Waals surface area contributed by atoms with Gasteiger partial charge in [0, 0.05) is 16.4 Å². The maximum Gasteiger partial charge on any atom is 0.279 e. The number of benzene rings is 2. The van der Waals surface area contributed by atoms with Gasteiger partial charge < -0.3 is 15.5 Å². The summed E-state index contributed by atoms with van der Waals surface area (Å²) in [6.07, 6.45) is 0.848. The monoisotopic (exact) mass is 374 g/mol. The maximum absolute atomic E-state index is 12.2. The first-order chi connectivity index (χ1) is 12.4. The molecule has 1 atom stereocenters. The van der Waals surface area contributed by atoms with Gasteiger partial charge in [0.2, 0.25) is 0 Å². The minimum absolute atomic E-state index is 0.116. The van der Waals surface area contributed by atoms with Crippen LogP contribution in [0.2, 0.25) is 5.02 Å². The van der Waals surface area contributed by atoms with Gasteiger partial charge in [-0.1, -0.05) is 42.8 Å². The Kier molecular flexibility index (Phi) is 7.18. The van der Waals surface area contributed by atoms with Gasteiger partial charge in [0.1, 0.15) is 0 Å². The second-order valence-electron chi connectivity index (χ2n) is 6.33. The van der Waals surface area contributed by atoms with Crippen LogP contribution < -0.4 is 15.5 Å². The normalized spacial score (nSPS) is 11.7. The molecule has 0 spiro atoms. The van der Waals surface area contributed by atoms with Gasteiger partial charge in [0.15, 0.2) is 13.1 Å². The van der Waals surface area contributed by atoms with Crippen LogP contribution in [-0.4, -0.2) is 32.0 Å². The lowest BCUT2D eigenvalue weighted by Gasteiger charge is -2.15. The quantitative estimate of drug-likeness (QED) is 0.696. The number of hydrogen-bond donors (Lipinski definition) is 3. The van der Waals surface area contributed by atoms with Crippen LogP contribution in [0.5, 0.6) is 0 Å². The molecule has 2 aromatic rings. The summed E-state index contributed by atoms with van der Waals surface area (Å²) < 4.78 is 0. The Hall–Kier alpha value is -2.37. The average Bonchev–Trinajstić information content (AvgIpc) is 2.59. The van der Waals surface area contributed by atoms with E-state index in [0.717, 1.165) is 28.1 Å². The predicted molar refractivity (Wildman–Crippen MR) is 106 cm³/mol. The Morgan fingerprint density at radius 2 is 1.54 bits per heavy atom. The van der Waals surface area contributed by atoms with E-state index in [1.54, 1.807) is 12.1 Å². The van der Waals surface area contributed by atoms with Crippen molar-refractivity contribution in [1.29, 1.82) is 0 Å². The average molecular weight is 375 g/mol. The van der Waals surface area contributed by atoms with Crippen LogP contribution in [0, 0.1) is 6.92 Å². The van der Waals surface area contributed by atoms with E-state index >= 15 is 0 Å². The molecule has 0 bridgehead atoms. The van der Waals surface area contributed by atoms with E-state index in [-0.39, 0.29) is 24.9 Å². The highest BCUT2D eigenvalue weighted by atomic mass is 35.5. The lowest BCUT2D eigenvalue weighted by molar-refractivity contribution is -0.862. The van der Waals surface area contributed by atoms with E-state index in [9.17, 15) is 9.59 Å². The number of aryl methyl sites for hydroxylation is 1. The van der Waals surface area contributed by atoms with Gasteiger partial charge in [0.05, 0.1) is 7.05 Å². The number of para-hydroxylation sites is 1. The predicted octanol–water partition coefficient (Wildman–Crippen LogP) is 2.30. The summed E-state index contributed by atoms with van der Waals surface area (Å²) in [5, 5.41) is 6.38. The summed E-state index contributed by atoms with van der Waals surface area (Å²) >= 11 is 6.06. The molecular weight excluding hydrogens is 350 g/mol. The number of carbonyl (C=O) groups is 2. The highest BCUT2D eigenvalue weighted by Crippen LogP contribution is 2.22. The fourth-order valence-electron chi connectivity index (χ4n) is 2.69. The number of amides is 2. The van der Waals surface area contributed by atoms with Crippen molar-refractivity contribution in [3.05, 3.63) is 58.6 Å². The molecule has 1 unspecified atom stereocenters. The van der Waals surface area contributed by atoms with E-state index in [2.05, 4.69) is 10.6 Å². The SMILES string of the molecule is CCc1ccccc1NC(=O)C[NH+](C)CC(=O)Nc1cccc(Cl)c1C. The number of carbonyl (C=O) groups excluding carboxylic acids is 2. The molecule has 6 heteroatoms. The van der Waals surface area contributed by atoms with Crippen LogP contribution in [0.25, 0.3) is 0 Å². The van der Waals surface area contributed by atoms with Crippen molar-refractivity contribution in [1.82, 2.24) is 0 Å². The van der Waals surface area contributed by atoms with Crippen LogP contribution in [-0.2, 0) is 16.0 Å². The Morgan fingerprint density at radius 1 is 0.962 bits per heavy atom. The highest BCUT2D eigenvalue weighted by Gasteiger charge is 2.16.